The highest BCUT2D eigenvalue weighted by Gasteiger charge is 2.19. The molecule has 0 radical (unpaired) electrons. The third kappa shape index (κ3) is 2.43. The van der Waals surface area contributed by atoms with Crippen molar-refractivity contribution in [1.29, 1.82) is 0 Å². The molecule has 0 saturated carbocycles. The van der Waals surface area contributed by atoms with E-state index in [1.165, 1.54) is 0 Å². The number of aryl methyl sites for hydroxylation is 2. The van der Waals surface area contributed by atoms with Crippen molar-refractivity contribution < 1.29 is 14.8 Å². The molecule has 5 heteroatoms. The lowest BCUT2D eigenvalue weighted by molar-refractivity contribution is 0.0983. The van der Waals surface area contributed by atoms with Crippen LogP contribution in [0.2, 0.25) is 0 Å². The average molecular weight is 207 g/mol. The Balaban J connectivity index is 3.25. The monoisotopic (exact) mass is 207 g/mol. The van der Waals surface area contributed by atoms with Crippen molar-refractivity contribution in [2.75, 3.05) is 0 Å². The lowest BCUT2D eigenvalue weighted by Crippen LogP contribution is -2.35. The first-order valence-electron chi connectivity index (χ1n) is 4.84. The van der Waals surface area contributed by atoms with Gasteiger partial charge in [0, 0.05) is 17.6 Å². The topological polar surface area (TPSA) is 70.4 Å². The number of Topliss-reactive ketones (excluding diaryl/α,β-unsaturated/α-hetero) is 1. The maximum absolute atomic E-state index is 11.4. The molecular weight excluding hydrogens is 193 g/mol. The lowest BCUT2D eigenvalue weighted by atomic mass is 9.76. The molecule has 0 fully saturated rings. The molecule has 1 aromatic heterocycles. The number of carbonyl (C=O) groups is 1. The Morgan fingerprint density at radius 3 is 2.47 bits per heavy atom. The quantitative estimate of drug-likeness (QED) is 0.539. The molecule has 15 heavy (non-hydrogen) atoms. The highest BCUT2D eigenvalue weighted by atomic mass is 16.4. The minimum Gasteiger partial charge on any atom is -0.423 e. The van der Waals surface area contributed by atoms with Crippen LogP contribution in [-0.2, 0) is 0 Å². The van der Waals surface area contributed by atoms with Crippen LogP contribution in [0.25, 0.3) is 0 Å². The van der Waals surface area contributed by atoms with Crippen LogP contribution >= 0.6 is 0 Å². The first kappa shape index (κ1) is 11.9. The maximum Gasteiger partial charge on any atom is 0.490 e. The third-order valence-electron chi connectivity index (χ3n) is 2.32. The van der Waals surface area contributed by atoms with E-state index in [1.54, 1.807) is 26.8 Å². The van der Waals surface area contributed by atoms with Crippen molar-refractivity contribution in [3.8, 4) is 0 Å². The van der Waals surface area contributed by atoms with Crippen LogP contribution in [0.3, 0.4) is 0 Å². The number of hydrogen-bond acceptors (Lipinski definition) is 4. The van der Waals surface area contributed by atoms with E-state index >= 15 is 0 Å². The van der Waals surface area contributed by atoms with Gasteiger partial charge in [-0.2, -0.15) is 0 Å². The molecule has 4 nitrogen and oxygen atoms in total. The molecule has 1 rings (SSSR count). The number of carbonyl (C=O) groups excluding carboxylic acids is 1. The number of aromatic nitrogens is 1. The third-order valence-corrected chi connectivity index (χ3v) is 2.32. The molecule has 0 spiro atoms. The molecule has 0 aromatic carbocycles. The summed E-state index contributed by atoms with van der Waals surface area (Å²) in [4.78, 5) is 15.5. The van der Waals surface area contributed by atoms with E-state index in [1.807, 2.05) is 0 Å². The number of nitrogens with zero attached hydrogens (tertiary/aromatic N) is 1. The van der Waals surface area contributed by atoms with Gasteiger partial charge in [0.2, 0.25) is 0 Å². The highest BCUT2D eigenvalue weighted by Crippen LogP contribution is 2.05. The van der Waals surface area contributed by atoms with Gasteiger partial charge in [0.05, 0.1) is 0 Å². The van der Waals surface area contributed by atoms with E-state index in [2.05, 4.69) is 4.98 Å². The molecule has 0 aliphatic rings. The van der Waals surface area contributed by atoms with Crippen LogP contribution in [0.5, 0.6) is 0 Å². The molecule has 1 aromatic rings. The van der Waals surface area contributed by atoms with Crippen molar-refractivity contribution in [3.05, 3.63) is 23.0 Å². The Bertz CT molecular complexity index is 367. The highest BCUT2D eigenvalue weighted by molar-refractivity contribution is 6.59. The summed E-state index contributed by atoms with van der Waals surface area (Å²) in [5.41, 5.74) is 1.93. The van der Waals surface area contributed by atoms with Crippen molar-refractivity contribution in [1.82, 2.24) is 4.98 Å². The summed E-state index contributed by atoms with van der Waals surface area (Å²) < 4.78 is 0. The Morgan fingerprint density at radius 1 is 1.47 bits per heavy atom. The largest absolute Gasteiger partial charge is 0.490 e. The standard InChI is InChI=1S/C10H14BNO3/c1-4-9(13)8-5-6(2)10(11(14)15)7(3)12-8/h5,14-15H,4H2,1-3H3. The van der Waals surface area contributed by atoms with Gasteiger partial charge in [-0.25, -0.2) is 0 Å². The van der Waals surface area contributed by atoms with Gasteiger partial charge in [0.1, 0.15) is 5.69 Å². The van der Waals surface area contributed by atoms with Gasteiger partial charge < -0.3 is 10.0 Å². The van der Waals surface area contributed by atoms with Gasteiger partial charge in [-0.15, -0.1) is 0 Å². The summed E-state index contributed by atoms with van der Waals surface area (Å²) >= 11 is 0. The van der Waals surface area contributed by atoms with Crippen LogP contribution in [0.1, 0.15) is 35.1 Å². The number of rotatable bonds is 3. The fraction of sp³-hybridized carbons (Fsp3) is 0.400. The van der Waals surface area contributed by atoms with Crippen LogP contribution < -0.4 is 5.46 Å². The predicted molar refractivity (Wildman–Crippen MR) is 58.2 cm³/mol. The number of ketones is 1. The summed E-state index contributed by atoms with van der Waals surface area (Å²) in [6.45, 7) is 5.16. The predicted octanol–water partition coefficient (Wildman–Crippen LogP) is -0.0291. The molecule has 80 valence electrons. The zero-order valence-corrected chi connectivity index (χ0v) is 9.11. The van der Waals surface area contributed by atoms with E-state index in [4.69, 9.17) is 10.0 Å². The molecule has 0 saturated heterocycles. The minimum absolute atomic E-state index is 0.0415. The van der Waals surface area contributed by atoms with Gasteiger partial charge in [0.15, 0.2) is 5.78 Å². The molecule has 1 heterocycles. The molecule has 0 atom stereocenters. The molecule has 2 N–H and O–H groups in total. The molecular formula is C10H14BNO3. The molecule has 0 bridgehead atoms. The van der Waals surface area contributed by atoms with Gasteiger partial charge in [-0.3, -0.25) is 9.78 Å². The summed E-state index contributed by atoms with van der Waals surface area (Å²) in [7, 11) is -1.54. The summed E-state index contributed by atoms with van der Waals surface area (Å²) in [5, 5.41) is 18.2. The van der Waals surface area contributed by atoms with Crippen LogP contribution in [0, 0.1) is 13.8 Å². The van der Waals surface area contributed by atoms with Crippen molar-refractivity contribution in [2.45, 2.75) is 27.2 Å². The first-order valence-corrected chi connectivity index (χ1v) is 4.84. The van der Waals surface area contributed by atoms with E-state index in [-0.39, 0.29) is 5.78 Å². The second-order valence-electron chi connectivity index (χ2n) is 3.47. The van der Waals surface area contributed by atoms with Gasteiger partial charge >= 0.3 is 7.12 Å². The maximum atomic E-state index is 11.4. The Labute approximate surface area is 89.1 Å². The molecule has 0 aliphatic carbocycles. The second kappa shape index (κ2) is 4.55. The zero-order chi connectivity index (χ0) is 11.6. The lowest BCUT2D eigenvalue weighted by Gasteiger charge is -2.09. The fourth-order valence-electron chi connectivity index (χ4n) is 1.56. The summed E-state index contributed by atoms with van der Waals surface area (Å²) in [6, 6.07) is 1.59. The van der Waals surface area contributed by atoms with Crippen molar-refractivity contribution >= 4 is 18.4 Å². The smallest absolute Gasteiger partial charge is 0.423 e. The SMILES string of the molecule is CCC(=O)c1cc(C)c(B(O)O)c(C)n1. The Hall–Kier alpha value is -1.20. The first-order chi connectivity index (χ1) is 6.97. The summed E-state index contributed by atoms with van der Waals surface area (Å²) in [5.74, 6) is -0.0415. The van der Waals surface area contributed by atoms with E-state index in [0.29, 0.717) is 28.8 Å². The fourth-order valence-corrected chi connectivity index (χ4v) is 1.56. The molecule has 0 amide bonds. The van der Waals surface area contributed by atoms with Gasteiger partial charge in [-0.1, -0.05) is 6.92 Å². The average Bonchev–Trinajstić information content (AvgIpc) is 2.14. The number of hydrogen-bond donors (Lipinski definition) is 2. The van der Waals surface area contributed by atoms with Gasteiger partial charge in [0.25, 0.3) is 0 Å². The Kier molecular flexibility index (Phi) is 3.60. The van der Waals surface area contributed by atoms with E-state index in [9.17, 15) is 4.79 Å². The zero-order valence-electron chi connectivity index (χ0n) is 9.11. The Morgan fingerprint density at radius 2 is 2.07 bits per heavy atom. The normalized spacial score (nSPS) is 10.2. The van der Waals surface area contributed by atoms with Crippen molar-refractivity contribution in [3.63, 3.8) is 0 Å². The van der Waals surface area contributed by atoms with E-state index in [0.717, 1.165) is 0 Å². The minimum atomic E-state index is -1.54. The van der Waals surface area contributed by atoms with Gasteiger partial charge in [-0.05, 0) is 25.5 Å². The van der Waals surface area contributed by atoms with Crippen LogP contribution in [0.4, 0.5) is 0 Å². The van der Waals surface area contributed by atoms with Crippen LogP contribution in [-0.4, -0.2) is 27.9 Å². The summed E-state index contributed by atoms with van der Waals surface area (Å²) in [6.07, 6.45) is 0.396. The number of pyridine rings is 1. The van der Waals surface area contributed by atoms with Crippen LogP contribution in [0.15, 0.2) is 6.07 Å². The second-order valence-corrected chi connectivity index (χ2v) is 3.47. The van der Waals surface area contributed by atoms with Crippen molar-refractivity contribution in [2.24, 2.45) is 0 Å². The van der Waals surface area contributed by atoms with E-state index < -0.39 is 7.12 Å². The molecule has 0 aliphatic heterocycles. The molecule has 0 unspecified atom stereocenters.